The number of aromatic carboxylic acids is 1. The van der Waals surface area contributed by atoms with Crippen molar-refractivity contribution in [3.63, 3.8) is 0 Å². The number of carboxylic acid groups (broad SMARTS) is 1. The maximum absolute atomic E-state index is 11.6. The van der Waals surface area contributed by atoms with Gasteiger partial charge in [-0.15, -0.1) is 0 Å². The van der Waals surface area contributed by atoms with Gasteiger partial charge in [-0.05, 0) is 41.8 Å². The first kappa shape index (κ1) is 20.2. The number of unbranched alkanes of at least 4 members (excludes halogenated alkanes) is 1. The molecule has 0 atom stereocenters. The number of carbonyl (C=O) groups is 1. The van der Waals surface area contributed by atoms with E-state index in [1.807, 2.05) is 30.3 Å². The normalized spacial score (nSPS) is 11.5. The molecule has 0 spiro atoms. The van der Waals surface area contributed by atoms with Crippen molar-refractivity contribution in [2.45, 2.75) is 19.8 Å². The quantitative estimate of drug-likeness (QED) is 0.215. The predicted molar refractivity (Wildman–Crippen MR) is 116 cm³/mol. The average Bonchev–Trinajstić information content (AvgIpc) is 2.76. The van der Waals surface area contributed by atoms with E-state index in [-0.39, 0.29) is 22.7 Å². The number of hydrogen-bond acceptors (Lipinski definition) is 6. The minimum atomic E-state index is -1.28. The Balaban J connectivity index is 1.67. The van der Waals surface area contributed by atoms with Crippen LogP contribution in [0, 0.1) is 10.1 Å². The minimum Gasteiger partial charge on any atom is -0.494 e. The second-order valence-corrected chi connectivity index (χ2v) is 7.10. The van der Waals surface area contributed by atoms with Gasteiger partial charge in [0.1, 0.15) is 5.75 Å². The Morgan fingerprint density at radius 3 is 2.68 bits per heavy atom. The van der Waals surface area contributed by atoms with E-state index in [9.17, 15) is 20.0 Å². The topological polar surface area (TPSA) is 111 Å². The largest absolute Gasteiger partial charge is 0.494 e. The minimum absolute atomic E-state index is 0.0906. The van der Waals surface area contributed by atoms with E-state index in [4.69, 9.17) is 9.47 Å². The van der Waals surface area contributed by atoms with Gasteiger partial charge >= 0.3 is 5.97 Å². The number of carboxylic acids is 1. The zero-order chi connectivity index (χ0) is 22.0. The molecule has 0 fully saturated rings. The number of anilines is 2. The van der Waals surface area contributed by atoms with E-state index in [0.29, 0.717) is 18.0 Å². The molecule has 0 bridgehead atoms. The highest BCUT2D eigenvalue weighted by Gasteiger charge is 2.27. The number of fused-ring (bicyclic) bond motifs is 2. The van der Waals surface area contributed by atoms with E-state index >= 15 is 0 Å². The second-order valence-electron chi connectivity index (χ2n) is 7.10. The van der Waals surface area contributed by atoms with Gasteiger partial charge in [0.15, 0.2) is 11.5 Å². The van der Waals surface area contributed by atoms with Crippen LogP contribution in [0.4, 0.5) is 17.1 Å². The van der Waals surface area contributed by atoms with Gasteiger partial charge in [-0.3, -0.25) is 10.1 Å². The van der Waals surface area contributed by atoms with Gasteiger partial charge in [0.2, 0.25) is 0 Å². The maximum Gasteiger partial charge on any atom is 0.338 e. The zero-order valence-corrected chi connectivity index (χ0v) is 16.8. The summed E-state index contributed by atoms with van der Waals surface area (Å²) in [6.45, 7) is 2.76. The molecule has 0 aromatic heterocycles. The summed E-state index contributed by atoms with van der Waals surface area (Å²) in [6, 6.07) is 15.4. The van der Waals surface area contributed by atoms with Crippen LogP contribution < -0.4 is 14.8 Å². The highest BCUT2D eigenvalue weighted by molar-refractivity contribution is 5.99. The van der Waals surface area contributed by atoms with E-state index in [0.717, 1.165) is 35.8 Å². The molecule has 1 aliphatic rings. The highest BCUT2D eigenvalue weighted by atomic mass is 16.6. The number of hydrogen-bond donors (Lipinski definition) is 2. The molecule has 0 amide bonds. The molecule has 1 heterocycles. The number of nitrogens with zero attached hydrogens (tertiary/aromatic N) is 1. The first-order valence-electron chi connectivity index (χ1n) is 9.84. The van der Waals surface area contributed by atoms with Crippen molar-refractivity contribution in [2.75, 3.05) is 11.9 Å². The van der Waals surface area contributed by atoms with Gasteiger partial charge in [-0.2, -0.15) is 0 Å². The number of ether oxygens (including phenoxy) is 2. The third kappa shape index (κ3) is 4.13. The van der Waals surface area contributed by atoms with Gasteiger partial charge in [0.05, 0.1) is 34.5 Å². The van der Waals surface area contributed by atoms with Crippen molar-refractivity contribution in [2.24, 2.45) is 0 Å². The van der Waals surface area contributed by atoms with Crippen LogP contribution in [0.15, 0.2) is 54.6 Å². The van der Waals surface area contributed by atoms with Crippen LogP contribution in [0.3, 0.4) is 0 Å². The SMILES string of the molecule is CCCCOc1cccc(-c2ccc3c(c2)Oc2cc([N+](=O)[O-])cc(C(=O)O)c2N3)c1. The van der Waals surface area contributed by atoms with Crippen molar-refractivity contribution in [3.05, 3.63) is 70.3 Å². The molecule has 31 heavy (non-hydrogen) atoms. The van der Waals surface area contributed by atoms with E-state index in [1.165, 1.54) is 6.07 Å². The van der Waals surface area contributed by atoms with Crippen LogP contribution in [-0.4, -0.2) is 22.6 Å². The van der Waals surface area contributed by atoms with Crippen LogP contribution in [0.2, 0.25) is 0 Å². The maximum atomic E-state index is 11.6. The monoisotopic (exact) mass is 420 g/mol. The Morgan fingerprint density at radius 2 is 1.94 bits per heavy atom. The lowest BCUT2D eigenvalue weighted by Gasteiger charge is -2.23. The zero-order valence-electron chi connectivity index (χ0n) is 16.8. The second kappa shape index (κ2) is 8.35. The van der Waals surface area contributed by atoms with Gasteiger partial charge in [-0.25, -0.2) is 4.79 Å². The van der Waals surface area contributed by atoms with E-state index in [2.05, 4.69) is 12.2 Å². The number of nitrogens with one attached hydrogen (secondary N) is 1. The Morgan fingerprint density at radius 1 is 1.13 bits per heavy atom. The van der Waals surface area contributed by atoms with Gasteiger partial charge in [-0.1, -0.05) is 31.5 Å². The molecule has 0 saturated heterocycles. The van der Waals surface area contributed by atoms with E-state index < -0.39 is 10.9 Å². The third-order valence-corrected chi connectivity index (χ3v) is 4.92. The molecule has 0 radical (unpaired) electrons. The molecule has 0 unspecified atom stereocenters. The number of benzene rings is 3. The van der Waals surface area contributed by atoms with Gasteiger partial charge < -0.3 is 19.9 Å². The summed E-state index contributed by atoms with van der Waals surface area (Å²) in [6.07, 6.45) is 2.03. The van der Waals surface area contributed by atoms with Crippen molar-refractivity contribution in [1.82, 2.24) is 0 Å². The fraction of sp³-hybridized carbons (Fsp3) is 0.174. The number of non-ortho nitro benzene ring substituents is 1. The molecule has 4 rings (SSSR count). The van der Waals surface area contributed by atoms with Crippen LogP contribution in [0.5, 0.6) is 17.2 Å². The molecule has 1 aliphatic heterocycles. The fourth-order valence-corrected chi connectivity index (χ4v) is 3.33. The molecule has 2 N–H and O–H groups in total. The molecule has 8 heteroatoms. The lowest BCUT2D eigenvalue weighted by Crippen LogP contribution is -2.10. The molecular weight excluding hydrogens is 400 g/mol. The van der Waals surface area contributed by atoms with Crippen molar-refractivity contribution in [1.29, 1.82) is 0 Å². The van der Waals surface area contributed by atoms with Gasteiger partial charge in [0.25, 0.3) is 5.69 Å². The average molecular weight is 420 g/mol. The highest BCUT2D eigenvalue weighted by Crippen LogP contribution is 2.46. The summed E-state index contributed by atoms with van der Waals surface area (Å²) in [7, 11) is 0. The third-order valence-electron chi connectivity index (χ3n) is 4.92. The molecular formula is C23H20N2O6. The molecule has 3 aromatic carbocycles. The lowest BCUT2D eigenvalue weighted by molar-refractivity contribution is -0.384. The van der Waals surface area contributed by atoms with Gasteiger partial charge in [0, 0.05) is 6.07 Å². The van der Waals surface area contributed by atoms with Crippen LogP contribution in [-0.2, 0) is 0 Å². The molecule has 0 saturated carbocycles. The Bertz CT molecular complexity index is 1170. The summed E-state index contributed by atoms with van der Waals surface area (Å²) < 4.78 is 11.6. The first-order valence-corrected chi connectivity index (χ1v) is 9.84. The van der Waals surface area contributed by atoms with Crippen molar-refractivity contribution >= 4 is 23.0 Å². The molecule has 3 aromatic rings. The summed E-state index contributed by atoms with van der Waals surface area (Å²) in [5.74, 6) is 0.0258. The Kier molecular flexibility index (Phi) is 5.44. The van der Waals surface area contributed by atoms with Crippen LogP contribution in [0.25, 0.3) is 11.1 Å². The molecule has 158 valence electrons. The fourth-order valence-electron chi connectivity index (χ4n) is 3.33. The Hall–Kier alpha value is -4.07. The van der Waals surface area contributed by atoms with Crippen molar-refractivity contribution in [3.8, 4) is 28.4 Å². The predicted octanol–water partition coefficient (Wildman–Crippen LogP) is 5.99. The molecule has 0 aliphatic carbocycles. The van der Waals surface area contributed by atoms with Crippen LogP contribution >= 0.6 is 0 Å². The smallest absolute Gasteiger partial charge is 0.338 e. The van der Waals surface area contributed by atoms with E-state index in [1.54, 1.807) is 12.1 Å². The number of nitro groups is 1. The summed E-state index contributed by atoms with van der Waals surface area (Å²) in [5, 5.41) is 23.7. The first-order chi connectivity index (χ1) is 15.0. The summed E-state index contributed by atoms with van der Waals surface area (Å²) in [4.78, 5) is 22.1. The standard InChI is InChI=1S/C23H20N2O6/c1-2-3-9-30-17-6-4-5-14(10-17)15-7-8-19-20(11-15)31-21-13-16(25(28)29)12-18(23(26)27)22(21)24-19/h4-8,10-13,24H,2-3,9H2,1H3,(H,26,27). The summed E-state index contributed by atoms with van der Waals surface area (Å²) in [5.41, 5.74) is 1.98. The number of nitro benzene ring substituents is 1. The lowest BCUT2D eigenvalue weighted by atomic mass is 10.0. The summed E-state index contributed by atoms with van der Waals surface area (Å²) >= 11 is 0. The Labute approximate surface area is 178 Å². The van der Waals surface area contributed by atoms with Crippen LogP contribution in [0.1, 0.15) is 30.1 Å². The number of rotatable bonds is 7. The van der Waals surface area contributed by atoms with Crippen molar-refractivity contribution < 1.29 is 24.3 Å². The molecule has 8 nitrogen and oxygen atoms in total.